The number of carbonyl (C=O) groups excluding carboxylic acids is 1. The van der Waals surface area contributed by atoms with Gasteiger partial charge in [-0.1, -0.05) is 19.8 Å². The van der Waals surface area contributed by atoms with Crippen LogP contribution in [-0.4, -0.2) is 28.3 Å². The Labute approximate surface area is 83.6 Å². The fourth-order valence-electron chi connectivity index (χ4n) is 1.69. The van der Waals surface area contributed by atoms with Gasteiger partial charge in [-0.25, -0.2) is 0 Å². The summed E-state index contributed by atoms with van der Waals surface area (Å²) in [6, 6.07) is -0.237. The summed E-state index contributed by atoms with van der Waals surface area (Å²) in [6.07, 6.45) is 1.87. The lowest BCUT2D eigenvalue weighted by molar-refractivity contribution is -0.116. The van der Waals surface area contributed by atoms with Gasteiger partial charge in [-0.2, -0.15) is 0 Å². The molecular weight excluding hydrogens is 182 g/mol. The SMILES string of the molecule is CCCCC1NC(=O)C(=C(C)O)C1O. The number of hydrogen-bond acceptors (Lipinski definition) is 3. The van der Waals surface area contributed by atoms with Crippen LogP contribution in [0, 0.1) is 0 Å². The zero-order chi connectivity index (χ0) is 10.7. The van der Waals surface area contributed by atoms with Crippen LogP contribution in [-0.2, 0) is 4.79 Å². The molecular formula is C10H17NO3. The Morgan fingerprint density at radius 3 is 2.64 bits per heavy atom. The molecule has 4 heteroatoms. The van der Waals surface area contributed by atoms with Gasteiger partial charge in [0.05, 0.1) is 11.6 Å². The van der Waals surface area contributed by atoms with Gasteiger partial charge in [0.15, 0.2) is 0 Å². The summed E-state index contributed by atoms with van der Waals surface area (Å²) in [5.41, 5.74) is 0.117. The van der Waals surface area contributed by atoms with Crippen molar-refractivity contribution >= 4 is 5.91 Å². The number of aliphatic hydroxyl groups is 2. The first kappa shape index (κ1) is 11.0. The molecule has 1 amide bonds. The second-order valence-corrected chi connectivity index (χ2v) is 3.67. The van der Waals surface area contributed by atoms with E-state index in [9.17, 15) is 15.0 Å². The fraction of sp³-hybridized carbons (Fsp3) is 0.700. The van der Waals surface area contributed by atoms with E-state index < -0.39 is 6.10 Å². The van der Waals surface area contributed by atoms with Crippen LogP contribution >= 0.6 is 0 Å². The predicted octanol–water partition coefficient (Wildman–Crippen LogP) is 0.868. The highest BCUT2D eigenvalue weighted by Gasteiger charge is 2.37. The fourth-order valence-corrected chi connectivity index (χ4v) is 1.69. The van der Waals surface area contributed by atoms with Crippen molar-refractivity contribution < 1.29 is 15.0 Å². The highest BCUT2D eigenvalue weighted by Crippen LogP contribution is 2.21. The van der Waals surface area contributed by atoms with Crippen LogP contribution in [0.1, 0.15) is 33.1 Å². The Morgan fingerprint density at radius 1 is 1.57 bits per heavy atom. The molecule has 0 aliphatic carbocycles. The number of amides is 1. The topological polar surface area (TPSA) is 69.6 Å². The molecule has 0 bridgehead atoms. The third-order valence-corrected chi connectivity index (χ3v) is 2.50. The molecule has 14 heavy (non-hydrogen) atoms. The largest absolute Gasteiger partial charge is 0.512 e. The molecule has 4 nitrogen and oxygen atoms in total. The number of carbonyl (C=O) groups is 1. The minimum atomic E-state index is -0.862. The highest BCUT2D eigenvalue weighted by atomic mass is 16.3. The van der Waals surface area contributed by atoms with Crippen LogP contribution in [0.4, 0.5) is 0 Å². The van der Waals surface area contributed by atoms with Crippen LogP contribution in [0.15, 0.2) is 11.3 Å². The summed E-state index contributed by atoms with van der Waals surface area (Å²) in [7, 11) is 0. The molecule has 3 N–H and O–H groups in total. The van der Waals surface area contributed by atoms with Gasteiger partial charge in [0, 0.05) is 0 Å². The van der Waals surface area contributed by atoms with Gasteiger partial charge >= 0.3 is 0 Å². The van der Waals surface area contributed by atoms with Crippen molar-refractivity contribution in [2.75, 3.05) is 0 Å². The first-order valence-corrected chi connectivity index (χ1v) is 4.96. The molecule has 0 aromatic rings. The summed E-state index contributed by atoms with van der Waals surface area (Å²) in [5.74, 6) is -0.437. The lowest BCUT2D eigenvalue weighted by Gasteiger charge is -2.13. The minimum Gasteiger partial charge on any atom is -0.512 e. The lowest BCUT2D eigenvalue weighted by atomic mass is 10.0. The predicted molar refractivity (Wildman–Crippen MR) is 52.8 cm³/mol. The van der Waals surface area contributed by atoms with Crippen LogP contribution in [0.2, 0.25) is 0 Å². The molecule has 0 aromatic carbocycles. The van der Waals surface area contributed by atoms with Gasteiger partial charge in [0.1, 0.15) is 11.9 Å². The quantitative estimate of drug-likeness (QED) is 0.466. The lowest BCUT2D eigenvalue weighted by Crippen LogP contribution is -2.31. The first-order chi connectivity index (χ1) is 6.57. The van der Waals surface area contributed by atoms with E-state index in [1.807, 2.05) is 0 Å². The number of unbranched alkanes of at least 4 members (excludes halogenated alkanes) is 1. The van der Waals surface area contributed by atoms with Crippen molar-refractivity contribution in [2.45, 2.75) is 45.3 Å². The maximum absolute atomic E-state index is 11.3. The number of rotatable bonds is 3. The molecule has 80 valence electrons. The summed E-state index contributed by atoms with van der Waals surface area (Å²) in [5, 5.41) is 21.6. The van der Waals surface area contributed by atoms with Crippen molar-refractivity contribution in [2.24, 2.45) is 0 Å². The third-order valence-electron chi connectivity index (χ3n) is 2.50. The molecule has 0 spiro atoms. The maximum atomic E-state index is 11.3. The second kappa shape index (κ2) is 4.46. The normalized spacial score (nSPS) is 30.4. The Balaban J connectivity index is 2.70. The molecule has 1 aliphatic heterocycles. The van der Waals surface area contributed by atoms with Crippen LogP contribution in [0.25, 0.3) is 0 Å². The monoisotopic (exact) mass is 199 g/mol. The molecule has 1 heterocycles. The Hall–Kier alpha value is -1.03. The first-order valence-electron chi connectivity index (χ1n) is 4.96. The molecule has 0 radical (unpaired) electrons. The van der Waals surface area contributed by atoms with Gasteiger partial charge in [-0.15, -0.1) is 0 Å². The summed E-state index contributed by atoms with van der Waals surface area (Å²) >= 11 is 0. The molecule has 1 aliphatic rings. The van der Waals surface area contributed by atoms with E-state index in [-0.39, 0.29) is 23.3 Å². The maximum Gasteiger partial charge on any atom is 0.253 e. The average molecular weight is 199 g/mol. The molecule has 1 fully saturated rings. The van der Waals surface area contributed by atoms with Crippen molar-refractivity contribution in [3.63, 3.8) is 0 Å². The number of aliphatic hydroxyl groups excluding tert-OH is 2. The molecule has 2 unspecified atom stereocenters. The van der Waals surface area contributed by atoms with E-state index in [0.717, 1.165) is 19.3 Å². The van der Waals surface area contributed by atoms with Crippen LogP contribution in [0.3, 0.4) is 0 Å². The van der Waals surface area contributed by atoms with E-state index in [1.54, 1.807) is 0 Å². The third kappa shape index (κ3) is 2.07. The Morgan fingerprint density at radius 2 is 2.21 bits per heavy atom. The zero-order valence-electron chi connectivity index (χ0n) is 8.58. The van der Waals surface area contributed by atoms with Gasteiger partial charge in [0.2, 0.25) is 0 Å². The van der Waals surface area contributed by atoms with E-state index in [4.69, 9.17) is 0 Å². The Bertz CT molecular complexity index is 256. The standard InChI is InChI=1S/C10H17NO3/c1-3-4-5-7-9(13)8(6(2)12)10(14)11-7/h7,9,12-13H,3-5H2,1-2H3,(H,11,14). The van der Waals surface area contributed by atoms with E-state index in [2.05, 4.69) is 12.2 Å². The molecule has 1 rings (SSSR count). The van der Waals surface area contributed by atoms with Gasteiger partial charge < -0.3 is 15.5 Å². The molecule has 2 atom stereocenters. The Kier molecular flexibility index (Phi) is 3.52. The number of hydrogen-bond donors (Lipinski definition) is 3. The van der Waals surface area contributed by atoms with Gasteiger partial charge in [0.25, 0.3) is 5.91 Å². The molecule has 0 aromatic heterocycles. The highest BCUT2D eigenvalue weighted by molar-refractivity contribution is 5.97. The molecule has 1 saturated heterocycles. The van der Waals surface area contributed by atoms with E-state index in [1.165, 1.54) is 6.92 Å². The summed E-state index contributed by atoms with van der Waals surface area (Å²) in [4.78, 5) is 11.3. The van der Waals surface area contributed by atoms with E-state index in [0.29, 0.717) is 0 Å². The summed E-state index contributed by atoms with van der Waals surface area (Å²) in [6.45, 7) is 3.47. The van der Waals surface area contributed by atoms with Crippen LogP contribution < -0.4 is 5.32 Å². The van der Waals surface area contributed by atoms with Gasteiger partial charge in [-0.05, 0) is 13.3 Å². The van der Waals surface area contributed by atoms with E-state index >= 15 is 0 Å². The van der Waals surface area contributed by atoms with Gasteiger partial charge in [-0.3, -0.25) is 4.79 Å². The number of nitrogens with one attached hydrogen (secondary N) is 1. The van der Waals surface area contributed by atoms with Crippen molar-refractivity contribution in [3.05, 3.63) is 11.3 Å². The van der Waals surface area contributed by atoms with Crippen molar-refractivity contribution in [1.82, 2.24) is 5.32 Å². The molecule has 0 saturated carbocycles. The van der Waals surface area contributed by atoms with Crippen molar-refractivity contribution in [1.29, 1.82) is 0 Å². The zero-order valence-corrected chi connectivity index (χ0v) is 8.58. The van der Waals surface area contributed by atoms with Crippen molar-refractivity contribution in [3.8, 4) is 0 Å². The summed E-state index contributed by atoms with van der Waals surface area (Å²) < 4.78 is 0. The number of allylic oxidation sites excluding steroid dienone is 1. The average Bonchev–Trinajstić information content (AvgIpc) is 2.38. The second-order valence-electron chi connectivity index (χ2n) is 3.67. The minimum absolute atomic E-state index is 0.0889. The van der Waals surface area contributed by atoms with Crippen LogP contribution in [0.5, 0.6) is 0 Å². The smallest absolute Gasteiger partial charge is 0.253 e.